The summed E-state index contributed by atoms with van der Waals surface area (Å²) in [6, 6.07) is 24.8. The van der Waals surface area contributed by atoms with Gasteiger partial charge in [-0.1, -0.05) is 48.2 Å². The number of hydrogen-bond acceptors (Lipinski definition) is 4. The molecule has 0 atom stereocenters. The smallest absolute Gasteiger partial charge is 0.256 e. The van der Waals surface area contributed by atoms with E-state index in [4.69, 9.17) is 0 Å². The highest BCUT2D eigenvalue weighted by Crippen LogP contribution is 2.33. The number of rotatable bonds is 6. The van der Waals surface area contributed by atoms with Crippen molar-refractivity contribution in [2.24, 2.45) is 0 Å². The number of amides is 1. The number of carbonyl (C=O) groups excluding carboxylic acids is 1. The van der Waals surface area contributed by atoms with Gasteiger partial charge in [-0.2, -0.15) is 5.26 Å². The lowest BCUT2D eigenvalue weighted by Crippen LogP contribution is -2.13. The first-order valence-electron chi connectivity index (χ1n) is 9.78. The van der Waals surface area contributed by atoms with Crippen LogP contribution in [0.4, 0.5) is 5.69 Å². The highest BCUT2D eigenvalue weighted by Gasteiger charge is 2.14. The van der Waals surface area contributed by atoms with Crippen LogP contribution in [0.25, 0.3) is 0 Å². The number of anilines is 1. The third kappa shape index (κ3) is 4.85. The molecule has 3 aromatic carbocycles. The molecule has 6 heteroatoms. The first-order chi connectivity index (χ1) is 15.1. The topological polar surface area (TPSA) is 70.7 Å². The standard InChI is InChI=1S/C25H20N4OS/c1-18-27-14-15-29(18)17-19-10-12-21(13-11-19)28-25(30)22-7-3-5-9-24(22)31-23-8-4-2-6-20(23)16-26/h2-15H,17H2,1H3,(H,28,30). The predicted octanol–water partition coefficient (Wildman–Crippen LogP) is 5.52. The largest absolute Gasteiger partial charge is 0.331 e. The lowest BCUT2D eigenvalue weighted by atomic mass is 10.1. The Morgan fingerprint density at radius 3 is 2.45 bits per heavy atom. The zero-order valence-corrected chi connectivity index (χ0v) is 17.8. The van der Waals surface area contributed by atoms with Crippen LogP contribution in [0.15, 0.2) is 95.0 Å². The molecule has 1 N–H and O–H groups in total. The fraction of sp³-hybridized carbons (Fsp3) is 0.0800. The first kappa shape index (κ1) is 20.5. The Balaban J connectivity index is 1.49. The monoisotopic (exact) mass is 424 g/mol. The predicted molar refractivity (Wildman–Crippen MR) is 122 cm³/mol. The highest BCUT2D eigenvalue weighted by atomic mass is 32.2. The Bertz CT molecular complexity index is 1260. The molecule has 0 saturated carbocycles. The van der Waals surface area contributed by atoms with Gasteiger partial charge in [0.25, 0.3) is 5.91 Å². The van der Waals surface area contributed by atoms with Crippen LogP contribution in [-0.4, -0.2) is 15.5 Å². The minimum absolute atomic E-state index is 0.184. The second kappa shape index (κ2) is 9.33. The first-order valence-corrected chi connectivity index (χ1v) is 10.6. The zero-order valence-electron chi connectivity index (χ0n) is 16.9. The maximum absolute atomic E-state index is 13.0. The minimum atomic E-state index is -0.184. The van der Waals surface area contributed by atoms with Crippen LogP contribution < -0.4 is 5.32 Å². The van der Waals surface area contributed by atoms with Crippen LogP contribution in [0.2, 0.25) is 0 Å². The molecular formula is C25H20N4OS. The number of imidazole rings is 1. The van der Waals surface area contributed by atoms with Crippen molar-refractivity contribution >= 4 is 23.4 Å². The van der Waals surface area contributed by atoms with Crippen LogP contribution in [0.5, 0.6) is 0 Å². The van der Waals surface area contributed by atoms with E-state index < -0.39 is 0 Å². The normalized spacial score (nSPS) is 10.5. The van der Waals surface area contributed by atoms with Crippen LogP contribution in [0.3, 0.4) is 0 Å². The van der Waals surface area contributed by atoms with Crippen LogP contribution in [0.1, 0.15) is 27.3 Å². The van der Waals surface area contributed by atoms with E-state index in [-0.39, 0.29) is 5.91 Å². The van der Waals surface area contributed by atoms with E-state index in [1.165, 1.54) is 11.8 Å². The van der Waals surface area contributed by atoms with E-state index >= 15 is 0 Å². The Labute approximate surface area is 185 Å². The zero-order chi connectivity index (χ0) is 21.6. The molecule has 0 spiro atoms. The number of aromatic nitrogens is 2. The molecule has 152 valence electrons. The molecule has 0 bridgehead atoms. The van der Waals surface area contributed by atoms with Crippen LogP contribution >= 0.6 is 11.8 Å². The molecular weight excluding hydrogens is 404 g/mol. The van der Waals surface area contributed by atoms with Crippen molar-refractivity contribution in [2.75, 3.05) is 5.32 Å². The van der Waals surface area contributed by atoms with Crippen molar-refractivity contribution in [3.8, 4) is 6.07 Å². The molecule has 1 aromatic heterocycles. The molecule has 0 aliphatic heterocycles. The summed E-state index contributed by atoms with van der Waals surface area (Å²) in [7, 11) is 0. The van der Waals surface area contributed by atoms with Gasteiger partial charge >= 0.3 is 0 Å². The number of nitrogens with one attached hydrogen (secondary N) is 1. The molecule has 5 nitrogen and oxygen atoms in total. The minimum Gasteiger partial charge on any atom is -0.331 e. The maximum Gasteiger partial charge on any atom is 0.256 e. The van der Waals surface area contributed by atoms with Crippen molar-refractivity contribution < 1.29 is 4.79 Å². The van der Waals surface area contributed by atoms with E-state index in [9.17, 15) is 10.1 Å². The molecule has 0 aliphatic carbocycles. The van der Waals surface area contributed by atoms with E-state index in [0.29, 0.717) is 11.1 Å². The summed E-state index contributed by atoms with van der Waals surface area (Å²) in [6.07, 6.45) is 3.73. The summed E-state index contributed by atoms with van der Waals surface area (Å²) in [5, 5.41) is 12.3. The lowest BCUT2D eigenvalue weighted by Gasteiger charge is -2.11. The van der Waals surface area contributed by atoms with Crippen LogP contribution in [0, 0.1) is 18.3 Å². The molecule has 1 amide bonds. The average Bonchev–Trinajstić information content (AvgIpc) is 3.20. The highest BCUT2D eigenvalue weighted by molar-refractivity contribution is 7.99. The summed E-state index contributed by atoms with van der Waals surface area (Å²) in [5.74, 6) is 0.778. The molecule has 0 aliphatic rings. The number of benzene rings is 3. The molecule has 0 fully saturated rings. The molecule has 31 heavy (non-hydrogen) atoms. The molecule has 0 saturated heterocycles. The summed E-state index contributed by atoms with van der Waals surface area (Å²) >= 11 is 1.42. The Morgan fingerprint density at radius 2 is 1.74 bits per heavy atom. The average molecular weight is 425 g/mol. The van der Waals surface area contributed by atoms with Crippen LogP contribution in [-0.2, 0) is 6.54 Å². The van der Waals surface area contributed by atoms with Crippen molar-refractivity contribution in [3.63, 3.8) is 0 Å². The van der Waals surface area contributed by atoms with Gasteiger partial charge in [-0.3, -0.25) is 4.79 Å². The van der Waals surface area contributed by atoms with Crippen molar-refractivity contribution in [2.45, 2.75) is 23.3 Å². The van der Waals surface area contributed by atoms with Gasteiger partial charge in [0.1, 0.15) is 11.9 Å². The number of nitriles is 1. The molecule has 0 radical (unpaired) electrons. The summed E-state index contributed by atoms with van der Waals surface area (Å²) in [4.78, 5) is 18.8. The van der Waals surface area contributed by atoms with Gasteiger partial charge in [0, 0.05) is 34.4 Å². The third-order valence-corrected chi connectivity index (χ3v) is 6.00. The maximum atomic E-state index is 13.0. The van der Waals surface area contributed by atoms with E-state index in [1.54, 1.807) is 18.3 Å². The second-order valence-corrected chi connectivity index (χ2v) is 8.04. The molecule has 4 aromatic rings. The number of hydrogen-bond donors (Lipinski definition) is 1. The third-order valence-electron chi connectivity index (χ3n) is 4.85. The quantitative estimate of drug-likeness (QED) is 0.443. The van der Waals surface area contributed by atoms with Gasteiger partial charge < -0.3 is 9.88 Å². The van der Waals surface area contributed by atoms with Gasteiger partial charge in [0.2, 0.25) is 0 Å². The number of nitrogens with zero attached hydrogens (tertiary/aromatic N) is 3. The molecule has 0 unspecified atom stereocenters. The fourth-order valence-corrected chi connectivity index (χ4v) is 4.19. The summed E-state index contributed by atoms with van der Waals surface area (Å²) in [5.41, 5.74) is 3.02. The van der Waals surface area contributed by atoms with Gasteiger partial charge in [-0.05, 0) is 48.9 Å². The van der Waals surface area contributed by atoms with Crippen molar-refractivity contribution in [1.29, 1.82) is 5.26 Å². The number of carbonyl (C=O) groups is 1. The Hall–Kier alpha value is -3.82. The van der Waals surface area contributed by atoms with Crippen molar-refractivity contribution in [1.82, 2.24) is 9.55 Å². The van der Waals surface area contributed by atoms with E-state index in [2.05, 4.69) is 20.9 Å². The van der Waals surface area contributed by atoms with Gasteiger partial charge in [-0.25, -0.2) is 4.98 Å². The van der Waals surface area contributed by atoms with E-state index in [0.717, 1.165) is 33.4 Å². The van der Waals surface area contributed by atoms with E-state index in [1.807, 2.05) is 73.8 Å². The molecule has 4 rings (SSSR count). The summed E-state index contributed by atoms with van der Waals surface area (Å²) < 4.78 is 2.07. The molecule has 1 heterocycles. The van der Waals surface area contributed by atoms with Gasteiger partial charge in [0.15, 0.2) is 0 Å². The Morgan fingerprint density at radius 1 is 1.03 bits per heavy atom. The number of aryl methyl sites for hydroxylation is 1. The Kier molecular flexibility index (Phi) is 6.16. The van der Waals surface area contributed by atoms with Gasteiger partial charge in [0.05, 0.1) is 11.1 Å². The SMILES string of the molecule is Cc1nccn1Cc1ccc(NC(=O)c2ccccc2Sc2ccccc2C#N)cc1. The van der Waals surface area contributed by atoms with Gasteiger partial charge in [-0.15, -0.1) is 0 Å². The fourth-order valence-electron chi connectivity index (χ4n) is 3.17. The lowest BCUT2D eigenvalue weighted by molar-refractivity contribution is 0.102. The second-order valence-electron chi connectivity index (χ2n) is 6.96. The van der Waals surface area contributed by atoms with Crippen molar-refractivity contribution in [3.05, 3.63) is 108 Å². The summed E-state index contributed by atoms with van der Waals surface area (Å²) in [6.45, 7) is 2.71.